The Morgan fingerprint density at radius 3 is 2.61 bits per heavy atom. The lowest BCUT2D eigenvalue weighted by atomic mass is 10.3. The number of ether oxygens (including phenoxy) is 2. The highest BCUT2D eigenvalue weighted by Gasteiger charge is 2.29. The predicted molar refractivity (Wildman–Crippen MR) is 107 cm³/mol. The number of halogens is 2. The molecule has 0 radical (unpaired) electrons. The molecule has 0 spiro atoms. The largest absolute Gasteiger partial charge is 0.493 e. The summed E-state index contributed by atoms with van der Waals surface area (Å²) < 4.78 is 26.5. The molecule has 1 aliphatic carbocycles. The molecule has 146 valence electrons. The van der Waals surface area contributed by atoms with E-state index in [-0.39, 0.29) is 5.82 Å². The zero-order chi connectivity index (χ0) is 19.3. The number of nitrogens with zero attached hydrogens (tertiary/aromatic N) is 3. The van der Waals surface area contributed by atoms with Crippen molar-refractivity contribution in [2.24, 2.45) is 0 Å². The number of rotatable bonds is 9. The van der Waals surface area contributed by atoms with Gasteiger partial charge in [-0.2, -0.15) is 0 Å². The molecular weight excluding hydrogens is 401 g/mol. The highest BCUT2D eigenvalue weighted by molar-refractivity contribution is 7.99. The third-order valence-corrected chi connectivity index (χ3v) is 5.46. The summed E-state index contributed by atoms with van der Waals surface area (Å²) in [6.07, 6.45) is 2.24. The monoisotopic (exact) mass is 419 g/mol. The lowest BCUT2D eigenvalue weighted by molar-refractivity contribution is 0.288. The summed E-state index contributed by atoms with van der Waals surface area (Å²) in [5, 5.41) is 10.1. The average molecular weight is 420 g/mol. The van der Waals surface area contributed by atoms with Gasteiger partial charge in [-0.3, -0.25) is 0 Å². The molecule has 0 unspecified atom stereocenters. The van der Waals surface area contributed by atoms with Gasteiger partial charge in [-0.15, -0.1) is 10.2 Å². The van der Waals surface area contributed by atoms with Crippen molar-refractivity contribution in [2.75, 3.05) is 12.4 Å². The van der Waals surface area contributed by atoms with Gasteiger partial charge in [0.1, 0.15) is 23.9 Å². The maximum atomic E-state index is 12.9. The molecule has 0 amide bonds. The number of aromatic nitrogens is 3. The van der Waals surface area contributed by atoms with Gasteiger partial charge in [0, 0.05) is 11.8 Å². The molecule has 1 aliphatic rings. The van der Waals surface area contributed by atoms with E-state index in [0.717, 1.165) is 23.8 Å². The minimum Gasteiger partial charge on any atom is -0.493 e. The first-order chi connectivity index (χ1) is 13.7. The van der Waals surface area contributed by atoms with Crippen molar-refractivity contribution in [3.63, 3.8) is 0 Å². The summed E-state index contributed by atoms with van der Waals surface area (Å²) in [6, 6.07) is 13.8. The van der Waals surface area contributed by atoms with Crippen molar-refractivity contribution >= 4 is 23.4 Å². The Balaban J connectivity index is 1.34. The van der Waals surface area contributed by atoms with Gasteiger partial charge in [0.05, 0.1) is 11.6 Å². The Morgan fingerprint density at radius 1 is 1.07 bits per heavy atom. The zero-order valence-corrected chi connectivity index (χ0v) is 16.6. The molecule has 4 rings (SSSR count). The van der Waals surface area contributed by atoms with Crippen LogP contribution in [0.25, 0.3) is 0 Å². The molecule has 2 aromatic carbocycles. The minimum atomic E-state index is -0.272. The summed E-state index contributed by atoms with van der Waals surface area (Å²) in [5.74, 6) is 2.53. The Labute approximate surface area is 171 Å². The summed E-state index contributed by atoms with van der Waals surface area (Å²) in [6.45, 7) is 0.819. The van der Waals surface area contributed by atoms with Gasteiger partial charge < -0.3 is 14.0 Å². The maximum Gasteiger partial charge on any atom is 0.191 e. The minimum absolute atomic E-state index is 0.272. The van der Waals surface area contributed by atoms with Gasteiger partial charge in [0.15, 0.2) is 11.0 Å². The van der Waals surface area contributed by atoms with Crippen LogP contribution in [0.2, 0.25) is 5.02 Å². The Kier molecular flexibility index (Phi) is 6.02. The summed E-state index contributed by atoms with van der Waals surface area (Å²) in [5.41, 5.74) is 0. The van der Waals surface area contributed by atoms with E-state index in [1.165, 1.54) is 12.1 Å². The number of benzene rings is 2. The molecule has 0 N–H and O–H groups in total. The highest BCUT2D eigenvalue weighted by atomic mass is 35.5. The van der Waals surface area contributed by atoms with Crippen LogP contribution < -0.4 is 9.47 Å². The second kappa shape index (κ2) is 8.84. The first-order valence-corrected chi connectivity index (χ1v) is 10.4. The van der Waals surface area contributed by atoms with E-state index in [0.29, 0.717) is 41.5 Å². The second-order valence-electron chi connectivity index (χ2n) is 6.37. The third kappa shape index (κ3) is 4.77. The van der Waals surface area contributed by atoms with Crippen LogP contribution in [0, 0.1) is 5.82 Å². The van der Waals surface area contributed by atoms with Crippen molar-refractivity contribution in [1.82, 2.24) is 14.8 Å². The Morgan fingerprint density at radius 2 is 1.86 bits per heavy atom. The normalized spacial score (nSPS) is 13.5. The van der Waals surface area contributed by atoms with Gasteiger partial charge in [0.25, 0.3) is 0 Å². The summed E-state index contributed by atoms with van der Waals surface area (Å²) >= 11 is 7.74. The molecule has 0 aliphatic heterocycles. The van der Waals surface area contributed by atoms with E-state index in [2.05, 4.69) is 14.8 Å². The van der Waals surface area contributed by atoms with E-state index < -0.39 is 0 Å². The topological polar surface area (TPSA) is 49.2 Å². The molecule has 1 fully saturated rings. The fourth-order valence-corrected chi connectivity index (χ4v) is 3.76. The number of para-hydroxylation sites is 1. The smallest absolute Gasteiger partial charge is 0.191 e. The lowest BCUT2D eigenvalue weighted by Crippen LogP contribution is -2.08. The number of hydrogen-bond acceptors (Lipinski definition) is 5. The molecule has 0 atom stereocenters. The van der Waals surface area contributed by atoms with Crippen LogP contribution in [0.5, 0.6) is 11.5 Å². The molecular formula is C20H19ClFN3O2S. The van der Waals surface area contributed by atoms with Crippen molar-refractivity contribution in [2.45, 2.75) is 30.6 Å². The van der Waals surface area contributed by atoms with Crippen LogP contribution >= 0.6 is 23.4 Å². The van der Waals surface area contributed by atoms with Gasteiger partial charge in [-0.05, 0) is 49.2 Å². The van der Waals surface area contributed by atoms with Crippen LogP contribution in [0.1, 0.15) is 24.7 Å². The van der Waals surface area contributed by atoms with Gasteiger partial charge in [-0.1, -0.05) is 35.5 Å². The van der Waals surface area contributed by atoms with Crippen molar-refractivity contribution in [3.8, 4) is 11.5 Å². The summed E-state index contributed by atoms with van der Waals surface area (Å²) in [4.78, 5) is 0. The molecule has 28 heavy (non-hydrogen) atoms. The Bertz CT molecular complexity index is 931. The maximum absolute atomic E-state index is 12.9. The standard InChI is InChI=1S/C20H19ClFN3O2S/c21-17-3-1-2-4-18(17)27-13-19-23-24-20(25(19)15-7-8-15)28-12-11-26-16-9-5-14(22)6-10-16/h1-6,9-10,15H,7-8,11-13H2. The van der Waals surface area contributed by atoms with E-state index >= 15 is 0 Å². The molecule has 0 bridgehead atoms. The predicted octanol–water partition coefficient (Wildman–Crippen LogP) is 5.16. The van der Waals surface area contributed by atoms with Crippen LogP contribution in [-0.2, 0) is 6.61 Å². The van der Waals surface area contributed by atoms with Crippen molar-refractivity contribution in [3.05, 3.63) is 65.2 Å². The number of thioether (sulfide) groups is 1. The van der Waals surface area contributed by atoms with Crippen LogP contribution in [0.3, 0.4) is 0 Å². The zero-order valence-electron chi connectivity index (χ0n) is 15.1. The van der Waals surface area contributed by atoms with Crippen LogP contribution in [-0.4, -0.2) is 27.1 Å². The third-order valence-electron chi connectivity index (χ3n) is 4.24. The first-order valence-electron chi connectivity index (χ1n) is 9.03. The van der Waals surface area contributed by atoms with Gasteiger partial charge in [-0.25, -0.2) is 4.39 Å². The van der Waals surface area contributed by atoms with E-state index in [1.807, 2.05) is 18.2 Å². The van der Waals surface area contributed by atoms with Crippen LogP contribution in [0.4, 0.5) is 4.39 Å². The quantitative estimate of drug-likeness (QED) is 0.354. The number of hydrogen-bond donors (Lipinski definition) is 0. The van der Waals surface area contributed by atoms with Crippen LogP contribution in [0.15, 0.2) is 53.7 Å². The second-order valence-corrected chi connectivity index (χ2v) is 7.84. The fraction of sp³-hybridized carbons (Fsp3) is 0.300. The first kappa shape index (κ1) is 19.1. The fourth-order valence-electron chi connectivity index (χ4n) is 2.73. The lowest BCUT2D eigenvalue weighted by Gasteiger charge is -2.11. The van der Waals surface area contributed by atoms with E-state index in [4.69, 9.17) is 21.1 Å². The van der Waals surface area contributed by atoms with Crippen molar-refractivity contribution in [1.29, 1.82) is 0 Å². The van der Waals surface area contributed by atoms with Crippen molar-refractivity contribution < 1.29 is 13.9 Å². The molecule has 1 saturated carbocycles. The molecule has 1 heterocycles. The SMILES string of the molecule is Fc1ccc(OCCSc2nnc(COc3ccccc3Cl)n2C2CC2)cc1. The van der Waals surface area contributed by atoms with E-state index in [1.54, 1.807) is 30.0 Å². The van der Waals surface area contributed by atoms with E-state index in [9.17, 15) is 4.39 Å². The highest BCUT2D eigenvalue weighted by Crippen LogP contribution is 2.39. The molecule has 8 heteroatoms. The van der Waals surface area contributed by atoms with Gasteiger partial charge >= 0.3 is 0 Å². The molecule has 5 nitrogen and oxygen atoms in total. The summed E-state index contributed by atoms with van der Waals surface area (Å²) in [7, 11) is 0. The van der Waals surface area contributed by atoms with Gasteiger partial charge in [0.2, 0.25) is 0 Å². The molecule has 0 saturated heterocycles. The molecule has 3 aromatic rings. The average Bonchev–Trinajstić information content (AvgIpc) is 3.46. The molecule has 1 aromatic heterocycles. The Hall–Kier alpha value is -2.25.